The Balaban J connectivity index is 1.57. The van der Waals surface area contributed by atoms with E-state index in [1.807, 2.05) is 19.1 Å². The lowest BCUT2D eigenvalue weighted by molar-refractivity contribution is -0.00911. The normalized spacial score (nSPS) is 28.6. The predicted molar refractivity (Wildman–Crippen MR) is 106 cm³/mol. The summed E-state index contributed by atoms with van der Waals surface area (Å²) in [6, 6.07) is 7.40. The van der Waals surface area contributed by atoms with Crippen LogP contribution in [0.5, 0.6) is 0 Å². The van der Waals surface area contributed by atoms with E-state index < -0.39 is 10.0 Å². The molecule has 3 aliphatic rings. The van der Waals surface area contributed by atoms with Crippen LogP contribution >= 0.6 is 0 Å². The number of benzene rings is 1. The van der Waals surface area contributed by atoms with Crippen LogP contribution in [0, 0.1) is 18.8 Å². The summed E-state index contributed by atoms with van der Waals surface area (Å²) in [5.41, 5.74) is 1.07. The standard InChI is InChI=1S/C20H33N3O2S/c1-4-22(5-2)14-18-15-23-11-10-17(18)12-19(23)13-21-26(24,25)20-8-6-16(3)7-9-20/h6-9,17-19,21H,4-5,10-15H2,1-3H3/t17-,18-,19+/m0/s1. The van der Waals surface area contributed by atoms with Gasteiger partial charge in [-0.1, -0.05) is 31.5 Å². The molecule has 0 radical (unpaired) electrons. The van der Waals surface area contributed by atoms with Crippen molar-refractivity contribution in [2.75, 3.05) is 39.3 Å². The maximum atomic E-state index is 12.5. The van der Waals surface area contributed by atoms with E-state index in [1.165, 1.54) is 13.0 Å². The van der Waals surface area contributed by atoms with Gasteiger partial charge in [0.15, 0.2) is 0 Å². The summed E-state index contributed by atoms with van der Waals surface area (Å²) in [5.74, 6) is 1.46. The number of hydrogen-bond donors (Lipinski definition) is 1. The highest BCUT2D eigenvalue weighted by Gasteiger charge is 2.40. The summed E-state index contributed by atoms with van der Waals surface area (Å²) in [7, 11) is -3.42. The van der Waals surface area contributed by atoms with Crippen LogP contribution in [0.4, 0.5) is 0 Å². The average Bonchev–Trinajstić information content (AvgIpc) is 2.65. The molecule has 1 aromatic carbocycles. The predicted octanol–water partition coefficient (Wildman–Crippen LogP) is 2.33. The lowest BCUT2D eigenvalue weighted by Crippen LogP contribution is -2.58. The lowest BCUT2D eigenvalue weighted by atomic mass is 9.75. The molecule has 0 spiro atoms. The van der Waals surface area contributed by atoms with Gasteiger partial charge in [0.25, 0.3) is 0 Å². The molecule has 26 heavy (non-hydrogen) atoms. The van der Waals surface area contributed by atoms with Gasteiger partial charge in [-0.3, -0.25) is 4.90 Å². The van der Waals surface area contributed by atoms with Crippen molar-refractivity contribution >= 4 is 10.0 Å². The molecule has 3 fully saturated rings. The van der Waals surface area contributed by atoms with E-state index in [0.29, 0.717) is 17.5 Å². The number of piperidine rings is 3. The monoisotopic (exact) mass is 379 g/mol. The molecule has 146 valence electrons. The molecule has 6 heteroatoms. The van der Waals surface area contributed by atoms with Gasteiger partial charge >= 0.3 is 0 Å². The second kappa shape index (κ2) is 8.38. The third-order valence-corrected chi connectivity index (χ3v) is 7.68. The average molecular weight is 380 g/mol. The first-order chi connectivity index (χ1) is 12.4. The molecule has 0 aliphatic carbocycles. The summed E-state index contributed by atoms with van der Waals surface area (Å²) in [6.07, 6.45) is 2.37. The Labute approximate surface area is 158 Å². The van der Waals surface area contributed by atoms with E-state index in [4.69, 9.17) is 0 Å². The fraction of sp³-hybridized carbons (Fsp3) is 0.700. The minimum Gasteiger partial charge on any atom is -0.304 e. The van der Waals surface area contributed by atoms with Gasteiger partial charge in [-0.2, -0.15) is 0 Å². The quantitative estimate of drug-likeness (QED) is 0.753. The number of aryl methyl sites for hydroxylation is 1. The highest BCUT2D eigenvalue weighted by molar-refractivity contribution is 7.89. The topological polar surface area (TPSA) is 52.6 Å². The van der Waals surface area contributed by atoms with Crippen LogP contribution in [0.2, 0.25) is 0 Å². The van der Waals surface area contributed by atoms with Crippen molar-refractivity contribution in [2.45, 2.75) is 44.6 Å². The van der Waals surface area contributed by atoms with Crippen LogP contribution in [0.25, 0.3) is 0 Å². The van der Waals surface area contributed by atoms with Gasteiger partial charge in [-0.15, -0.1) is 0 Å². The maximum Gasteiger partial charge on any atom is 0.240 e. The molecule has 1 N–H and O–H groups in total. The van der Waals surface area contributed by atoms with Crippen molar-refractivity contribution in [3.8, 4) is 0 Å². The number of rotatable bonds is 8. The molecular formula is C20H33N3O2S. The molecule has 3 saturated heterocycles. The van der Waals surface area contributed by atoms with Crippen molar-refractivity contribution in [1.82, 2.24) is 14.5 Å². The Morgan fingerprint density at radius 3 is 2.46 bits per heavy atom. The summed E-state index contributed by atoms with van der Waals surface area (Å²) in [4.78, 5) is 5.38. The zero-order valence-electron chi connectivity index (χ0n) is 16.3. The summed E-state index contributed by atoms with van der Waals surface area (Å²) < 4.78 is 27.9. The number of hydrogen-bond acceptors (Lipinski definition) is 4. The van der Waals surface area contributed by atoms with E-state index in [2.05, 4.69) is 28.4 Å². The van der Waals surface area contributed by atoms with Crippen molar-refractivity contribution in [3.63, 3.8) is 0 Å². The second-order valence-electron chi connectivity index (χ2n) is 7.84. The first-order valence-corrected chi connectivity index (χ1v) is 11.4. The lowest BCUT2D eigenvalue weighted by Gasteiger charge is -2.50. The molecule has 2 bridgehead atoms. The first kappa shape index (κ1) is 19.8. The first-order valence-electron chi connectivity index (χ1n) is 9.95. The fourth-order valence-corrected chi connectivity index (χ4v) is 5.56. The molecule has 3 aliphatic heterocycles. The maximum absolute atomic E-state index is 12.5. The number of sulfonamides is 1. The molecule has 1 unspecified atom stereocenters. The van der Waals surface area contributed by atoms with Gasteiger partial charge in [0, 0.05) is 25.7 Å². The summed E-state index contributed by atoms with van der Waals surface area (Å²) >= 11 is 0. The summed E-state index contributed by atoms with van der Waals surface area (Å²) in [5, 5.41) is 0. The highest BCUT2D eigenvalue weighted by atomic mass is 32.2. The highest BCUT2D eigenvalue weighted by Crippen LogP contribution is 2.36. The SMILES string of the molecule is CCN(CC)C[C@H]1CN2CC[C@H]1C[C@@H]2CNS(=O)(=O)c1ccc(C)cc1. The second-order valence-corrected chi connectivity index (χ2v) is 9.61. The van der Waals surface area contributed by atoms with Crippen molar-refractivity contribution < 1.29 is 8.42 Å². The zero-order valence-corrected chi connectivity index (χ0v) is 17.1. The van der Waals surface area contributed by atoms with Gasteiger partial charge in [-0.05, 0) is 63.4 Å². The molecule has 0 aromatic heterocycles. The van der Waals surface area contributed by atoms with Crippen LogP contribution in [0.1, 0.15) is 32.3 Å². The van der Waals surface area contributed by atoms with Gasteiger partial charge < -0.3 is 4.90 Å². The molecular weight excluding hydrogens is 346 g/mol. The van der Waals surface area contributed by atoms with Gasteiger partial charge in [-0.25, -0.2) is 13.1 Å². The van der Waals surface area contributed by atoms with Gasteiger partial charge in [0.2, 0.25) is 10.0 Å². The van der Waals surface area contributed by atoms with E-state index in [0.717, 1.165) is 50.0 Å². The van der Waals surface area contributed by atoms with Gasteiger partial charge in [0.05, 0.1) is 4.90 Å². The van der Waals surface area contributed by atoms with Crippen molar-refractivity contribution in [1.29, 1.82) is 0 Å². The zero-order chi connectivity index (χ0) is 18.7. The van der Waals surface area contributed by atoms with E-state index in [-0.39, 0.29) is 0 Å². The molecule has 5 nitrogen and oxygen atoms in total. The number of nitrogens with one attached hydrogen (secondary N) is 1. The Morgan fingerprint density at radius 2 is 1.88 bits per heavy atom. The smallest absolute Gasteiger partial charge is 0.240 e. The molecule has 0 amide bonds. The Hall–Kier alpha value is -0.950. The third-order valence-electron chi connectivity index (χ3n) is 6.24. The van der Waals surface area contributed by atoms with E-state index in [1.54, 1.807) is 12.1 Å². The minimum absolute atomic E-state index is 0.335. The Morgan fingerprint density at radius 1 is 1.19 bits per heavy atom. The third kappa shape index (κ3) is 4.47. The van der Waals surface area contributed by atoms with Crippen LogP contribution < -0.4 is 4.72 Å². The molecule has 3 heterocycles. The molecule has 0 saturated carbocycles. The fourth-order valence-electron chi connectivity index (χ4n) is 4.49. The molecule has 1 aromatic rings. The van der Waals surface area contributed by atoms with Crippen LogP contribution in [0.3, 0.4) is 0 Å². The van der Waals surface area contributed by atoms with Crippen molar-refractivity contribution in [2.24, 2.45) is 11.8 Å². The van der Waals surface area contributed by atoms with E-state index in [9.17, 15) is 8.42 Å². The van der Waals surface area contributed by atoms with Crippen LogP contribution in [-0.2, 0) is 10.0 Å². The van der Waals surface area contributed by atoms with Crippen LogP contribution in [0.15, 0.2) is 29.2 Å². The number of nitrogens with zero attached hydrogens (tertiary/aromatic N) is 2. The summed E-state index contributed by atoms with van der Waals surface area (Å²) in [6.45, 7) is 12.6. The minimum atomic E-state index is -3.42. The molecule has 4 rings (SSSR count). The van der Waals surface area contributed by atoms with E-state index >= 15 is 0 Å². The van der Waals surface area contributed by atoms with Gasteiger partial charge in [0.1, 0.15) is 0 Å². The Bertz CT molecular complexity index is 686. The largest absolute Gasteiger partial charge is 0.304 e. The van der Waals surface area contributed by atoms with Crippen molar-refractivity contribution in [3.05, 3.63) is 29.8 Å². The van der Waals surface area contributed by atoms with Crippen LogP contribution in [-0.4, -0.2) is 63.5 Å². The Kier molecular flexibility index (Phi) is 6.38. The molecule has 4 atom stereocenters. The number of fused-ring (bicyclic) bond motifs is 3.